The molecule has 0 bridgehead atoms. The highest BCUT2D eigenvalue weighted by Gasteiger charge is 2.44. The van der Waals surface area contributed by atoms with E-state index in [4.69, 9.17) is 9.47 Å². The van der Waals surface area contributed by atoms with Crippen molar-refractivity contribution in [2.45, 2.75) is 31.4 Å². The molecule has 3 fully saturated rings. The zero-order valence-corrected chi connectivity index (χ0v) is 16.3. The summed E-state index contributed by atoms with van der Waals surface area (Å²) < 4.78 is 24.3. The van der Waals surface area contributed by atoms with Crippen molar-refractivity contribution in [3.05, 3.63) is 29.6 Å². The summed E-state index contributed by atoms with van der Waals surface area (Å²) in [7, 11) is 1.42. The number of hydrogen-bond acceptors (Lipinski definition) is 5. The lowest BCUT2D eigenvalue weighted by Gasteiger charge is -2.43. The number of nitrogens with zero attached hydrogens (tertiary/aromatic N) is 2. The fourth-order valence-electron chi connectivity index (χ4n) is 5.02. The second kappa shape index (κ2) is 8.35. The SMILES string of the molecule is COc1ccc(CC(=O)N2C[C@H]3C[C@@H](N4CCOCC4)[C@H](O)C[C@H]3C2)cc1F. The van der Waals surface area contributed by atoms with Crippen molar-refractivity contribution in [2.75, 3.05) is 46.5 Å². The van der Waals surface area contributed by atoms with Crippen molar-refractivity contribution in [1.29, 1.82) is 0 Å². The number of aliphatic hydroxyl groups is 1. The first-order valence-electron chi connectivity index (χ1n) is 10.1. The molecule has 2 heterocycles. The third-order valence-electron chi connectivity index (χ3n) is 6.55. The summed E-state index contributed by atoms with van der Waals surface area (Å²) in [4.78, 5) is 17.0. The molecule has 0 unspecified atom stereocenters. The third kappa shape index (κ3) is 4.02. The largest absolute Gasteiger partial charge is 0.494 e. The minimum atomic E-state index is -0.445. The number of hydrogen-bond donors (Lipinski definition) is 1. The number of morpholine rings is 1. The van der Waals surface area contributed by atoms with Crippen LogP contribution in [-0.2, 0) is 16.0 Å². The number of rotatable bonds is 4. The monoisotopic (exact) mass is 392 g/mol. The highest BCUT2D eigenvalue weighted by atomic mass is 19.1. The van der Waals surface area contributed by atoms with Crippen molar-refractivity contribution >= 4 is 5.91 Å². The number of ether oxygens (including phenoxy) is 2. The Morgan fingerprint density at radius 2 is 1.96 bits per heavy atom. The van der Waals surface area contributed by atoms with Crippen LogP contribution >= 0.6 is 0 Å². The van der Waals surface area contributed by atoms with Gasteiger partial charge in [-0.2, -0.15) is 0 Å². The van der Waals surface area contributed by atoms with Crippen LogP contribution in [-0.4, -0.2) is 79.5 Å². The molecule has 154 valence electrons. The molecule has 1 aliphatic carbocycles. The molecule has 28 heavy (non-hydrogen) atoms. The molecule has 7 heteroatoms. The minimum Gasteiger partial charge on any atom is -0.494 e. The van der Waals surface area contributed by atoms with Gasteiger partial charge in [0.25, 0.3) is 0 Å². The molecule has 1 aromatic rings. The van der Waals surface area contributed by atoms with Gasteiger partial charge >= 0.3 is 0 Å². The van der Waals surface area contributed by atoms with Gasteiger partial charge in [0.05, 0.1) is 32.8 Å². The second-order valence-electron chi connectivity index (χ2n) is 8.22. The lowest BCUT2D eigenvalue weighted by Crippen LogP contribution is -2.53. The summed E-state index contributed by atoms with van der Waals surface area (Å²) in [5.41, 5.74) is 0.657. The highest BCUT2D eigenvalue weighted by molar-refractivity contribution is 5.79. The molecule has 6 nitrogen and oxygen atoms in total. The lowest BCUT2D eigenvalue weighted by atomic mass is 9.77. The molecule has 4 atom stereocenters. The first kappa shape index (κ1) is 19.6. The fraction of sp³-hybridized carbons (Fsp3) is 0.667. The van der Waals surface area contributed by atoms with Gasteiger partial charge < -0.3 is 19.5 Å². The van der Waals surface area contributed by atoms with E-state index in [9.17, 15) is 14.3 Å². The molecule has 1 saturated carbocycles. The van der Waals surface area contributed by atoms with E-state index in [1.807, 2.05) is 4.90 Å². The molecule has 1 aromatic carbocycles. The van der Waals surface area contributed by atoms with Crippen molar-refractivity contribution in [3.8, 4) is 5.75 Å². The van der Waals surface area contributed by atoms with Crippen LogP contribution in [0.25, 0.3) is 0 Å². The molecule has 1 amide bonds. The number of amides is 1. The van der Waals surface area contributed by atoms with E-state index < -0.39 is 5.82 Å². The smallest absolute Gasteiger partial charge is 0.227 e. The first-order chi connectivity index (χ1) is 13.5. The third-order valence-corrected chi connectivity index (χ3v) is 6.55. The van der Waals surface area contributed by atoms with Gasteiger partial charge in [0, 0.05) is 32.2 Å². The summed E-state index contributed by atoms with van der Waals surface area (Å²) in [6, 6.07) is 4.83. The van der Waals surface area contributed by atoms with Crippen LogP contribution in [0.5, 0.6) is 5.75 Å². The van der Waals surface area contributed by atoms with Crippen LogP contribution in [0.3, 0.4) is 0 Å². The number of benzene rings is 1. The molecule has 0 spiro atoms. The van der Waals surface area contributed by atoms with E-state index >= 15 is 0 Å². The fourth-order valence-corrected chi connectivity index (χ4v) is 5.02. The number of likely N-dealkylation sites (tertiary alicyclic amines) is 1. The summed E-state index contributed by atoms with van der Waals surface area (Å²) in [6.07, 6.45) is 1.51. The van der Waals surface area contributed by atoms with Gasteiger partial charge in [-0.25, -0.2) is 4.39 Å². The van der Waals surface area contributed by atoms with E-state index in [1.165, 1.54) is 13.2 Å². The molecule has 2 saturated heterocycles. The van der Waals surface area contributed by atoms with E-state index in [2.05, 4.69) is 4.90 Å². The maximum absolute atomic E-state index is 13.9. The normalized spacial score (nSPS) is 30.9. The van der Waals surface area contributed by atoms with Crippen molar-refractivity contribution in [1.82, 2.24) is 9.80 Å². The van der Waals surface area contributed by atoms with Crippen LogP contribution < -0.4 is 4.74 Å². The number of fused-ring (bicyclic) bond motifs is 1. The minimum absolute atomic E-state index is 0.0244. The molecule has 2 aliphatic heterocycles. The van der Waals surface area contributed by atoms with Crippen LogP contribution in [0.15, 0.2) is 18.2 Å². The molecular weight excluding hydrogens is 363 g/mol. The summed E-state index contributed by atoms with van der Waals surface area (Å²) in [6.45, 7) is 4.60. The van der Waals surface area contributed by atoms with Crippen LogP contribution in [0.1, 0.15) is 18.4 Å². The number of carbonyl (C=O) groups is 1. The molecular formula is C21H29FN2O4. The standard InChI is InChI=1S/C21H29FN2O4/c1-27-20-3-2-14(8-17(20)22)9-21(26)24-12-15-10-18(19(25)11-16(15)13-24)23-4-6-28-7-5-23/h2-3,8,15-16,18-19,25H,4-7,9-13H2,1H3/t15-,16+,18-,19-/m1/s1. The zero-order chi connectivity index (χ0) is 19.7. The maximum Gasteiger partial charge on any atom is 0.227 e. The Kier molecular flexibility index (Phi) is 5.85. The number of methoxy groups -OCH3 is 1. The average molecular weight is 392 g/mol. The van der Waals surface area contributed by atoms with Gasteiger partial charge in [0.15, 0.2) is 11.6 Å². The summed E-state index contributed by atoms with van der Waals surface area (Å²) in [5.74, 6) is 0.541. The first-order valence-corrected chi connectivity index (χ1v) is 10.1. The van der Waals surface area contributed by atoms with Gasteiger partial charge in [-0.05, 0) is 42.4 Å². The quantitative estimate of drug-likeness (QED) is 0.837. The molecule has 0 radical (unpaired) electrons. The van der Waals surface area contributed by atoms with Crippen LogP contribution in [0.4, 0.5) is 4.39 Å². The molecule has 3 aliphatic rings. The highest BCUT2D eigenvalue weighted by Crippen LogP contribution is 2.38. The van der Waals surface area contributed by atoms with E-state index in [0.717, 1.165) is 45.7 Å². The van der Waals surface area contributed by atoms with Gasteiger partial charge in [0.1, 0.15) is 0 Å². The Morgan fingerprint density at radius 3 is 2.64 bits per heavy atom. The lowest BCUT2D eigenvalue weighted by molar-refractivity contribution is -0.129. The number of aliphatic hydroxyl groups excluding tert-OH is 1. The number of carbonyl (C=O) groups excluding carboxylic acids is 1. The van der Waals surface area contributed by atoms with Crippen molar-refractivity contribution in [2.24, 2.45) is 11.8 Å². The van der Waals surface area contributed by atoms with Gasteiger partial charge in [-0.15, -0.1) is 0 Å². The van der Waals surface area contributed by atoms with E-state index in [-0.39, 0.29) is 30.2 Å². The predicted molar refractivity (Wildman–Crippen MR) is 102 cm³/mol. The zero-order valence-electron chi connectivity index (χ0n) is 16.3. The van der Waals surface area contributed by atoms with Gasteiger partial charge in [0.2, 0.25) is 5.91 Å². The number of halogens is 1. The Morgan fingerprint density at radius 1 is 1.25 bits per heavy atom. The Labute approximate surface area is 165 Å². The predicted octanol–water partition coefficient (Wildman–Crippen LogP) is 1.31. The summed E-state index contributed by atoms with van der Waals surface area (Å²) >= 11 is 0. The van der Waals surface area contributed by atoms with Gasteiger partial charge in [-0.3, -0.25) is 9.69 Å². The molecule has 4 rings (SSSR count). The topological polar surface area (TPSA) is 62.2 Å². The summed E-state index contributed by atoms with van der Waals surface area (Å²) in [5, 5.41) is 10.7. The van der Waals surface area contributed by atoms with Crippen LogP contribution in [0.2, 0.25) is 0 Å². The molecule has 1 N–H and O–H groups in total. The Bertz CT molecular complexity index is 710. The Hall–Kier alpha value is -1.70. The second-order valence-corrected chi connectivity index (χ2v) is 8.22. The van der Waals surface area contributed by atoms with E-state index in [1.54, 1.807) is 12.1 Å². The van der Waals surface area contributed by atoms with Crippen LogP contribution in [0, 0.1) is 17.7 Å². The van der Waals surface area contributed by atoms with E-state index in [0.29, 0.717) is 23.9 Å². The average Bonchev–Trinajstić information content (AvgIpc) is 3.11. The van der Waals surface area contributed by atoms with Crippen molar-refractivity contribution in [3.63, 3.8) is 0 Å². The Balaban J connectivity index is 1.36. The van der Waals surface area contributed by atoms with Crippen molar-refractivity contribution < 1.29 is 23.8 Å². The maximum atomic E-state index is 13.9. The van der Waals surface area contributed by atoms with Gasteiger partial charge in [-0.1, -0.05) is 6.07 Å². The molecule has 0 aromatic heterocycles.